The molecule has 0 bridgehead atoms. The van der Waals surface area contributed by atoms with Gasteiger partial charge >= 0.3 is 0 Å². The van der Waals surface area contributed by atoms with Gasteiger partial charge in [-0.1, -0.05) is 11.6 Å². The first-order valence-corrected chi connectivity index (χ1v) is 4.99. The Morgan fingerprint density at radius 1 is 1.71 bits per heavy atom. The normalized spacial score (nSPS) is 10.5. The molecule has 0 aromatic carbocycles. The van der Waals surface area contributed by atoms with Crippen molar-refractivity contribution in [1.29, 1.82) is 0 Å². The molecule has 0 saturated carbocycles. The Labute approximate surface area is 102 Å². The van der Waals surface area contributed by atoms with Crippen LogP contribution < -0.4 is 11.3 Å². The van der Waals surface area contributed by atoms with E-state index in [2.05, 4.69) is 10.4 Å². The number of hydrazine groups is 1. The van der Waals surface area contributed by atoms with Crippen LogP contribution in [-0.4, -0.2) is 35.8 Å². The molecule has 0 unspecified atom stereocenters. The van der Waals surface area contributed by atoms with E-state index in [4.69, 9.17) is 17.4 Å². The van der Waals surface area contributed by atoms with Gasteiger partial charge < -0.3 is 10.3 Å². The molecule has 0 radical (unpaired) electrons. The van der Waals surface area contributed by atoms with Crippen molar-refractivity contribution in [3.05, 3.63) is 22.8 Å². The highest BCUT2D eigenvalue weighted by molar-refractivity contribution is 6.33. The summed E-state index contributed by atoms with van der Waals surface area (Å²) in [5.74, 6) is 4.74. The summed E-state index contributed by atoms with van der Waals surface area (Å²) in [6.07, 6.45) is -1.37. The van der Waals surface area contributed by atoms with Crippen LogP contribution in [0.3, 0.4) is 0 Å². The number of rotatable bonds is 4. The number of anilines is 1. The zero-order chi connectivity index (χ0) is 13.0. The topological polar surface area (TPSA) is 71.2 Å². The molecule has 17 heavy (non-hydrogen) atoms. The number of nitrogens with two attached hydrogens (primary N) is 1. The summed E-state index contributed by atoms with van der Waals surface area (Å²) in [6, 6.07) is 1.31. The third kappa shape index (κ3) is 3.50. The lowest BCUT2D eigenvalue weighted by Gasteiger charge is -2.16. The van der Waals surface area contributed by atoms with Gasteiger partial charge in [-0.2, -0.15) is 0 Å². The third-order valence-electron chi connectivity index (χ3n) is 1.98. The summed E-state index contributed by atoms with van der Waals surface area (Å²) >= 11 is 5.76. The van der Waals surface area contributed by atoms with Crippen molar-refractivity contribution in [3.8, 4) is 0 Å². The summed E-state index contributed by atoms with van der Waals surface area (Å²) in [5, 5.41) is 0.142. The molecular weight excluding hydrogens is 254 g/mol. The fraction of sp³-hybridized carbons (Fsp3) is 0.333. The van der Waals surface area contributed by atoms with Gasteiger partial charge in [0.1, 0.15) is 0 Å². The molecule has 0 spiro atoms. The molecule has 0 fully saturated rings. The Morgan fingerprint density at radius 3 is 2.82 bits per heavy atom. The van der Waals surface area contributed by atoms with Gasteiger partial charge in [0.2, 0.25) is 0 Å². The van der Waals surface area contributed by atoms with Gasteiger partial charge in [-0.15, -0.1) is 0 Å². The molecule has 1 aromatic rings. The fourth-order valence-electron chi connectivity index (χ4n) is 1.17. The van der Waals surface area contributed by atoms with E-state index >= 15 is 0 Å². The molecule has 3 N–H and O–H groups in total. The van der Waals surface area contributed by atoms with Crippen LogP contribution in [0.1, 0.15) is 10.4 Å². The second-order valence-corrected chi connectivity index (χ2v) is 3.68. The Hall–Kier alpha value is -1.47. The maximum atomic E-state index is 12.1. The van der Waals surface area contributed by atoms with Gasteiger partial charge in [0.05, 0.1) is 17.1 Å². The first kappa shape index (κ1) is 13.6. The molecule has 0 saturated heterocycles. The van der Waals surface area contributed by atoms with Crippen LogP contribution in [0.5, 0.6) is 0 Å². The van der Waals surface area contributed by atoms with Crippen molar-refractivity contribution in [3.63, 3.8) is 0 Å². The minimum absolute atomic E-state index is 0.122. The average Bonchev–Trinajstić information content (AvgIpc) is 2.27. The van der Waals surface area contributed by atoms with Gasteiger partial charge in [0.25, 0.3) is 12.3 Å². The van der Waals surface area contributed by atoms with Gasteiger partial charge in [-0.3, -0.25) is 4.79 Å². The van der Waals surface area contributed by atoms with Crippen molar-refractivity contribution < 1.29 is 13.6 Å². The largest absolute Gasteiger partial charge is 0.336 e. The second kappa shape index (κ2) is 5.74. The van der Waals surface area contributed by atoms with E-state index in [0.29, 0.717) is 0 Å². The molecule has 1 heterocycles. The van der Waals surface area contributed by atoms with E-state index in [-0.39, 0.29) is 16.4 Å². The first-order chi connectivity index (χ1) is 7.95. The van der Waals surface area contributed by atoms with E-state index in [1.165, 1.54) is 19.3 Å². The van der Waals surface area contributed by atoms with E-state index in [1.807, 2.05) is 0 Å². The second-order valence-electron chi connectivity index (χ2n) is 3.28. The molecule has 94 valence electrons. The van der Waals surface area contributed by atoms with E-state index in [0.717, 1.165) is 4.90 Å². The number of aromatic nitrogens is 1. The number of amides is 1. The van der Waals surface area contributed by atoms with Gasteiger partial charge in [0, 0.05) is 13.2 Å². The Morgan fingerprint density at radius 2 is 2.35 bits per heavy atom. The first-order valence-electron chi connectivity index (χ1n) is 4.61. The molecule has 0 atom stereocenters. The highest BCUT2D eigenvalue weighted by Crippen LogP contribution is 2.19. The number of nitrogens with zero attached hydrogens (tertiary/aromatic N) is 2. The Balaban J connectivity index is 2.86. The van der Waals surface area contributed by atoms with Crippen LogP contribution in [0.4, 0.5) is 14.6 Å². The molecule has 8 heteroatoms. The van der Waals surface area contributed by atoms with Crippen molar-refractivity contribution in [2.75, 3.05) is 19.0 Å². The molecular formula is C9H11ClF2N4O. The minimum atomic E-state index is -2.59. The van der Waals surface area contributed by atoms with E-state index in [9.17, 15) is 13.6 Å². The number of hydrogen-bond acceptors (Lipinski definition) is 4. The van der Waals surface area contributed by atoms with Crippen LogP contribution in [0.2, 0.25) is 5.02 Å². The Kier molecular flexibility index (Phi) is 4.59. The highest BCUT2D eigenvalue weighted by atomic mass is 35.5. The maximum Gasteiger partial charge on any atom is 0.255 e. The summed E-state index contributed by atoms with van der Waals surface area (Å²) < 4.78 is 24.2. The highest BCUT2D eigenvalue weighted by Gasteiger charge is 2.17. The van der Waals surface area contributed by atoms with Crippen molar-refractivity contribution in [2.45, 2.75) is 6.43 Å². The minimum Gasteiger partial charge on any atom is -0.336 e. The van der Waals surface area contributed by atoms with Crippen molar-refractivity contribution in [1.82, 2.24) is 9.88 Å². The van der Waals surface area contributed by atoms with Crippen LogP contribution >= 0.6 is 11.6 Å². The number of carbonyl (C=O) groups excluding carboxylic acids is 1. The number of carbonyl (C=O) groups is 1. The molecule has 5 nitrogen and oxygen atoms in total. The number of alkyl halides is 2. The third-order valence-corrected chi connectivity index (χ3v) is 2.27. The molecule has 1 amide bonds. The zero-order valence-corrected chi connectivity index (χ0v) is 9.71. The standard InChI is InChI=1S/C9H11ClF2N4O/c1-16(4-7(11)12)9(17)5-2-6(10)8(15-13)14-3-5/h2-3,7H,4,13H2,1H3,(H,14,15). The lowest BCUT2D eigenvalue weighted by Crippen LogP contribution is -2.31. The fourth-order valence-corrected chi connectivity index (χ4v) is 1.39. The average molecular weight is 265 g/mol. The van der Waals surface area contributed by atoms with Crippen molar-refractivity contribution >= 4 is 23.3 Å². The molecule has 0 aliphatic heterocycles. The maximum absolute atomic E-state index is 12.1. The molecule has 0 aliphatic carbocycles. The molecule has 1 aromatic heterocycles. The van der Waals surface area contributed by atoms with Crippen LogP contribution in [0, 0.1) is 0 Å². The molecule has 1 rings (SSSR count). The van der Waals surface area contributed by atoms with Crippen LogP contribution in [0.15, 0.2) is 12.3 Å². The molecule has 0 aliphatic rings. The zero-order valence-electron chi connectivity index (χ0n) is 8.95. The SMILES string of the molecule is CN(CC(F)F)C(=O)c1cnc(NN)c(Cl)c1. The van der Waals surface area contributed by atoms with Gasteiger partial charge in [-0.25, -0.2) is 19.6 Å². The lowest BCUT2D eigenvalue weighted by molar-refractivity contribution is 0.0620. The van der Waals surface area contributed by atoms with Crippen molar-refractivity contribution in [2.24, 2.45) is 5.84 Å². The summed E-state index contributed by atoms with van der Waals surface area (Å²) in [6.45, 7) is -0.645. The number of hydrogen-bond donors (Lipinski definition) is 2. The predicted octanol–water partition coefficient (Wildman–Crippen LogP) is 1.36. The smallest absolute Gasteiger partial charge is 0.255 e. The van der Waals surface area contributed by atoms with Crippen LogP contribution in [-0.2, 0) is 0 Å². The Bertz CT molecular complexity index is 416. The van der Waals surface area contributed by atoms with E-state index < -0.39 is 18.9 Å². The quantitative estimate of drug-likeness (QED) is 0.636. The lowest BCUT2D eigenvalue weighted by atomic mass is 10.2. The van der Waals surface area contributed by atoms with Crippen LogP contribution in [0.25, 0.3) is 0 Å². The van der Waals surface area contributed by atoms with E-state index in [1.54, 1.807) is 0 Å². The summed E-state index contributed by atoms with van der Waals surface area (Å²) in [4.78, 5) is 16.3. The number of nitrogen functional groups attached to an aromatic ring is 1. The summed E-state index contributed by atoms with van der Waals surface area (Å²) in [5.41, 5.74) is 2.36. The van der Waals surface area contributed by atoms with Gasteiger partial charge in [-0.05, 0) is 6.07 Å². The number of nitrogens with one attached hydrogen (secondary N) is 1. The van der Waals surface area contributed by atoms with Gasteiger partial charge in [0.15, 0.2) is 5.82 Å². The summed E-state index contributed by atoms with van der Waals surface area (Å²) in [7, 11) is 1.28. The monoisotopic (exact) mass is 264 g/mol. The number of halogens is 3. The number of pyridine rings is 1. The predicted molar refractivity (Wildman–Crippen MR) is 60.0 cm³/mol.